The highest BCUT2D eigenvalue weighted by Crippen LogP contribution is 2.44. The molecule has 0 bridgehead atoms. The van der Waals surface area contributed by atoms with E-state index >= 15 is 0 Å². The van der Waals surface area contributed by atoms with Gasteiger partial charge in [0.25, 0.3) is 0 Å². The molecular weight excluding hydrogens is 420 g/mol. The summed E-state index contributed by atoms with van der Waals surface area (Å²) in [4.78, 5) is 0. The average Bonchev–Trinajstić information content (AvgIpc) is 2.50. The summed E-state index contributed by atoms with van der Waals surface area (Å²) in [7, 11) is -3.20. The molecule has 0 saturated carbocycles. The van der Waals surface area contributed by atoms with Gasteiger partial charge in [0.05, 0.1) is 16.1 Å². The fraction of sp³-hybridized carbons (Fsp3) is 0.821. The number of nitrogens with two attached hydrogens (primary N) is 1. The molecule has 0 aliphatic carbocycles. The standard InChI is InChI=1S/C28H58N2Si2/c1-25(2,3)23(29)19-21(20-32(15,16)28(10,11)12)22(24(30)26(4,5)6)17-18-31(13,14)27(7,8)9/h17-19,21-22,30H,20,29H2,1-16H3. The minimum absolute atomic E-state index is 0.0662. The first kappa shape index (κ1) is 31.4. The fourth-order valence-corrected chi connectivity index (χ4v) is 6.56. The lowest BCUT2D eigenvalue weighted by Gasteiger charge is -2.42. The largest absolute Gasteiger partial charge is 0.402 e. The van der Waals surface area contributed by atoms with Crippen molar-refractivity contribution in [3.05, 3.63) is 23.5 Å². The van der Waals surface area contributed by atoms with Crippen molar-refractivity contribution in [2.75, 3.05) is 0 Å². The quantitative estimate of drug-likeness (QED) is 0.278. The monoisotopic (exact) mass is 478 g/mol. The first-order chi connectivity index (χ1) is 13.7. The van der Waals surface area contributed by atoms with Gasteiger partial charge in [-0.2, -0.15) is 0 Å². The van der Waals surface area contributed by atoms with E-state index in [0.29, 0.717) is 5.04 Å². The van der Waals surface area contributed by atoms with Crippen molar-refractivity contribution in [1.29, 1.82) is 5.41 Å². The van der Waals surface area contributed by atoms with Crippen LogP contribution in [0.25, 0.3) is 0 Å². The molecule has 4 heteroatoms. The second kappa shape index (κ2) is 9.94. The van der Waals surface area contributed by atoms with Crippen LogP contribution in [0.5, 0.6) is 0 Å². The molecule has 0 aromatic rings. The number of allylic oxidation sites excluding steroid dienone is 3. The van der Waals surface area contributed by atoms with E-state index in [2.05, 4.69) is 127 Å². The van der Waals surface area contributed by atoms with Crippen molar-refractivity contribution in [2.24, 2.45) is 28.4 Å². The second-order valence-corrected chi connectivity index (χ2v) is 26.3. The molecule has 0 amide bonds. The van der Waals surface area contributed by atoms with E-state index in [1.807, 2.05) is 0 Å². The third-order valence-electron chi connectivity index (χ3n) is 8.29. The van der Waals surface area contributed by atoms with Gasteiger partial charge in [0.2, 0.25) is 0 Å². The SMILES string of the molecule is CC(C)(C)C(=N)C(C=C[Si](C)(C)C(C)(C)C)C(C=C(N)C(C)(C)C)C[Si](C)(C)C(C)(C)C. The molecular formula is C28H58N2Si2. The molecule has 32 heavy (non-hydrogen) atoms. The van der Waals surface area contributed by atoms with Crippen molar-refractivity contribution in [2.45, 2.75) is 125 Å². The van der Waals surface area contributed by atoms with Crippen LogP contribution >= 0.6 is 0 Å². The van der Waals surface area contributed by atoms with Gasteiger partial charge in [0, 0.05) is 28.2 Å². The van der Waals surface area contributed by atoms with Gasteiger partial charge in [0.1, 0.15) is 0 Å². The predicted octanol–water partition coefficient (Wildman–Crippen LogP) is 9.29. The Morgan fingerprint density at radius 1 is 0.781 bits per heavy atom. The highest BCUT2D eigenvalue weighted by Gasteiger charge is 2.41. The molecule has 0 aliphatic heterocycles. The Bertz CT molecular complexity index is 700. The fourth-order valence-electron chi connectivity index (χ4n) is 3.21. The van der Waals surface area contributed by atoms with Crippen LogP contribution in [0.4, 0.5) is 0 Å². The van der Waals surface area contributed by atoms with E-state index < -0.39 is 16.1 Å². The Morgan fingerprint density at radius 3 is 1.53 bits per heavy atom. The van der Waals surface area contributed by atoms with Crippen LogP contribution < -0.4 is 5.73 Å². The van der Waals surface area contributed by atoms with Crippen molar-refractivity contribution in [3.8, 4) is 0 Å². The van der Waals surface area contributed by atoms with Gasteiger partial charge in [-0.3, -0.25) is 0 Å². The summed E-state index contributed by atoms with van der Waals surface area (Å²) in [5, 5.41) is 9.85. The molecule has 0 spiro atoms. The number of hydrogen-bond acceptors (Lipinski definition) is 2. The van der Waals surface area contributed by atoms with Crippen molar-refractivity contribution in [1.82, 2.24) is 0 Å². The van der Waals surface area contributed by atoms with E-state index in [-0.39, 0.29) is 27.7 Å². The summed E-state index contributed by atoms with van der Waals surface area (Å²) in [5.74, 6) is 0.335. The summed E-state index contributed by atoms with van der Waals surface area (Å²) in [5.41, 5.74) is 10.7. The zero-order valence-corrected chi connectivity index (χ0v) is 26.7. The highest BCUT2D eigenvalue weighted by atomic mass is 28.3. The molecule has 0 aromatic carbocycles. The van der Waals surface area contributed by atoms with E-state index in [0.717, 1.165) is 17.5 Å². The van der Waals surface area contributed by atoms with Crippen LogP contribution in [0, 0.1) is 28.1 Å². The number of nitrogens with one attached hydrogen (secondary N) is 1. The summed E-state index contributed by atoms with van der Waals surface area (Å²) in [6.45, 7) is 37.3. The third-order valence-corrected chi connectivity index (χ3v) is 18.7. The molecule has 2 atom stereocenters. The molecule has 0 radical (unpaired) electrons. The van der Waals surface area contributed by atoms with E-state index in [1.165, 1.54) is 0 Å². The van der Waals surface area contributed by atoms with E-state index in [1.54, 1.807) is 0 Å². The van der Waals surface area contributed by atoms with Crippen molar-refractivity contribution < 1.29 is 0 Å². The molecule has 0 rings (SSSR count). The normalized spacial score (nSPS) is 17.6. The van der Waals surface area contributed by atoms with Crippen LogP contribution in [-0.2, 0) is 0 Å². The van der Waals surface area contributed by atoms with Gasteiger partial charge in [-0.25, -0.2) is 0 Å². The summed E-state index contributed by atoms with van der Waals surface area (Å²) in [6, 6.07) is 1.14. The zero-order chi connectivity index (χ0) is 26.1. The number of rotatable bonds is 7. The summed E-state index contributed by atoms with van der Waals surface area (Å²) in [6.07, 6.45) is 4.75. The third kappa shape index (κ3) is 8.63. The maximum atomic E-state index is 9.27. The molecule has 0 aliphatic rings. The van der Waals surface area contributed by atoms with Crippen LogP contribution in [0.3, 0.4) is 0 Å². The van der Waals surface area contributed by atoms with E-state index in [9.17, 15) is 5.41 Å². The first-order valence-electron chi connectivity index (χ1n) is 12.5. The van der Waals surface area contributed by atoms with Gasteiger partial charge in [-0.1, -0.05) is 127 Å². The minimum Gasteiger partial charge on any atom is -0.402 e. The Morgan fingerprint density at radius 2 is 1.22 bits per heavy atom. The van der Waals surface area contributed by atoms with Gasteiger partial charge in [-0.15, -0.1) is 0 Å². The van der Waals surface area contributed by atoms with Crippen molar-refractivity contribution in [3.63, 3.8) is 0 Å². The molecule has 0 heterocycles. The predicted molar refractivity (Wildman–Crippen MR) is 154 cm³/mol. The molecule has 0 saturated heterocycles. The van der Waals surface area contributed by atoms with E-state index in [4.69, 9.17) is 5.73 Å². The lowest BCUT2D eigenvalue weighted by atomic mass is 9.76. The number of hydrogen-bond donors (Lipinski definition) is 2. The van der Waals surface area contributed by atoms with Crippen LogP contribution in [-0.4, -0.2) is 21.9 Å². The molecule has 0 aromatic heterocycles. The van der Waals surface area contributed by atoms with Crippen molar-refractivity contribution >= 4 is 21.9 Å². The first-order valence-corrected chi connectivity index (χ1v) is 18.8. The average molecular weight is 479 g/mol. The lowest BCUT2D eigenvalue weighted by molar-refractivity contribution is 0.474. The minimum atomic E-state index is -1.61. The summed E-state index contributed by atoms with van der Waals surface area (Å²) < 4.78 is 0. The molecule has 3 N–H and O–H groups in total. The van der Waals surface area contributed by atoms with Gasteiger partial charge >= 0.3 is 0 Å². The van der Waals surface area contributed by atoms with Crippen LogP contribution in [0.15, 0.2) is 23.5 Å². The smallest absolute Gasteiger partial charge is 0.0766 e. The molecule has 2 unspecified atom stereocenters. The maximum Gasteiger partial charge on any atom is 0.0766 e. The molecule has 2 nitrogen and oxygen atoms in total. The van der Waals surface area contributed by atoms with Gasteiger partial charge < -0.3 is 11.1 Å². The highest BCUT2D eigenvalue weighted by molar-refractivity contribution is 6.84. The topological polar surface area (TPSA) is 49.9 Å². The Kier molecular flexibility index (Phi) is 9.74. The van der Waals surface area contributed by atoms with Crippen LogP contribution in [0.1, 0.15) is 83.1 Å². The molecule has 0 fully saturated rings. The Hall–Kier alpha value is -0.616. The second-order valence-electron chi connectivity index (χ2n) is 15.4. The zero-order valence-electron chi connectivity index (χ0n) is 24.7. The Labute approximate surface area is 204 Å². The Balaban J connectivity index is 6.80. The van der Waals surface area contributed by atoms with Crippen LogP contribution in [0.2, 0.25) is 42.3 Å². The summed E-state index contributed by atoms with van der Waals surface area (Å²) >= 11 is 0. The molecule has 188 valence electrons. The van der Waals surface area contributed by atoms with Gasteiger partial charge in [0.15, 0.2) is 0 Å². The van der Waals surface area contributed by atoms with Gasteiger partial charge in [-0.05, 0) is 22.0 Å². The maximum absolute atomic E-state index is 9.27. The lowest BCUT2D eigenvalue weighted by Crippen LogP contribution is -2.42.